The van der Waals surface area contributed by atoms with E-state index in [1.54, 1.807) is 16.4 Å². The van der Waals surface area contributed by atoms with Crippen molar-refractivity contribution in [2.24, 2.45) is 13.0 Å². The van der Waals surface area contributed by atoms with Crippen molar-refractivity contribution in [1.82, 2.24) is 14.2 Å². The molecule has 7 heteroatoms. The van der Waals surface area contributed by atoms with Crippen LogP contribution in [0.4, 0.5) is 0 Å². The number of hydrogen-bond acceptors (Lipinski definition) is 3. The highest BCUT2D eigenvalue weighted by atomic mass is 32.2. The lowest BCUT2D eigenvalue weighted by atomic mass is 9.98. The lowest BCUT2D eigenvalue weighted by Gasteiger charge is -2.30. The Morgan fingerprint density at radius 3 is 2.32 bits per heavy atom. The number of carbonyl (C=O) groups excluding carboxylic acids is 1. The van der Waals surface area contributed by atoms with Crippen LogP contribution in [-0.2, 0) is 17.1 Å². The number of carbonyl (C=O) groups is 1. The predicted octanol–water partition coefficient (Wildman–Crippen LogP) is 2.59. The van der Waals surface area contributed by atoms with Crippen LogP contribution in [0.1, 0.15) is 61.8 Å². The zero-order chi connectivity index (χ0) is 18.9. The first-order valence-corrected chi connectivity index (χ1v) is 10.6. The largest absolute Gasteiger partial charge is 0.350 e. The SMILES string of the molecule is CCC(C)NS(=O)(=O)c1c(C(=O)N2CCC(C)CC2)c(C)n(C)c1C. The van der Waals surface area contributed by atoms with Gasteiger partial charge in [0, 0.05) is 37.6 Å². The molecule has 1 saturated heterocycles. The molecule has 1 aliphatic heterocycles. The van der Waals surface area contributed by atoms with Crippen molar-refractivity contribution in [2.75, 3.05) is 13.1 Å². The molecular formula is C18H31N3O3S. The summed E-state index contributed by atoms with van der Waals surface area (Å²) < 4.78 is 30.4. The number of nitrogens with one attached hydrogen (secondary N) is 1. The maximum absolute atomic E-state index is 13.1. The summed E-state index contributed by atoms with van der Waals surface area (Å²) in [6.07, 6.45) is 2.62. The molecular weight excluding hydrogens is 338 g/mol. The molecule has 6 nitrogen and oxygen atoms in total. The zero-order valence-electron chi connectivity index (χ0n) is 16.2. The van der Waals surface area contributed by atoms with Gasteiger partial charge in [-0.15, -0.1) is 0 Å². The van der Waals surface area contributed by atoms with Gasteiger partial charge in [-0.1, -0.05) is 13.8 Å². The van der Waals surface area contributed by atoms with E-state index in [0.717, 1.165) is 12.8 Å². The van der Waals surface area contributed by atoms with Crippen LogP contribution in [0.3, 0.4) is 0 Å². The van der Waals surface area contributed by atoms with Crippen molar-refractivity contribution < 1.29 is 13.2 Å². The molecule has 2 heterocycles. The number of rotatable bonds is 5. The van der Waals surface area contributed by atoms with Crippen LogP contribution in [0.2, 0.25) is 0 Å². The van der Waals surface area contributed by atoms with Crippen molar-refractivity contribution in [3.63, 3.8) is 0 Å². The van der Waals surface area contributed by atoms with Crippen LogP contribution in [-0.4, -0.2) is 42.9 Å². The van der Waals surface area contributed by atoms with Gasteiger partial charge < -0.3 is 9.47 Å². The fourth-order valence-electron chi connectivity index (χ4n) is 3.27. The predicted molar refractivity (Wildman–Crippen MR) is 99.3 cm³/mol. The molecule has 1 unspecified atom stereocenters. The van der Waals surface area contributed by atoms with E-state index in [1.807, 2.05) is 27.8 Å². The molecule has 1 N–H and O–H groups in total. The standard InChI is InChI=1S/C18H31N3O3S/c1-7-13(3)19-25(23,24)17-15(5)20(6)14(4)16(17)18(22)21-10-8-12(2)9-11-21/h12-13,19H,7-11H2,1-6H3. The quantitative estimate of drug-likeness (QED) is 0.867. The maximum Gasteiger partial charge on any atom is 0.257 e. The Hall–Kier alpha value is -1.34. The number of likely N-dealkylation sites (tertiary alicyclic amines) is 1. The molecule has 0 aliphatic carbocycles. The molecule has 1 amide bonds. The van der Waals surface area contributed by atoms with E-state index in [1.165, 1.54) is 0 Å². The normalized spacial score (nSPS) is 17.8. The van der Waals surface area contributed by atoms with Gasteiger partial charge in [-0.05, 0) is 46.0 Å². The fourth-order valence-corrected chi connectivity index (χ4v) is 5.12. The highest BCUT2D eigenvalue weighted by Crippen LogP contribution is 2.29. The highest BCUT2D eigenvalue weighted by Gasteiger charge is 2.34. The maximum atomic E-state index is 13.1. The minimum atomic E-state index is -3.75. The molecule has 0 aromatic carbocycles. The van der Waals surface area contributed by atoms with Crippen LogP contribution in [0.15, 0.2) is 4.90 Å². The van der Waals surface area contributed by atoms with Gasteiger partial charge in [0.1, 0.15) is 4.90 Å². The average Bonchev–Trinajstić information content (AvgIpc) is 2.79. The first-order valence-electron chi connectivity index (χ1n) is 9.07. The Bertz CT molecular complexity index is 744. The van der Waals surface area contributed by atoms with Crippen molar-refractivity contribution in [3.8, 4) is 0 Å². The van der Waals surface area contributed by atoms with Gasteiger partial charge >= 0.3 is 0 Å². The van der Waals surface area contributed by atoms with Crippen LogP contribution < -0.4 is 4.72 Å². The van der Waals surface area contributed by atoms with E-state index < -0.39 is 10.0 Å². The minimum Gasteiger partial charge on any atom is -0.350 e. The summed E-state index contributed by atoms with van der Waals surface area (Å²) in [5, 5.41) is 0. The molecule has 1 fully saturated rings. The Morgan fingerprint density at radius 1 is 1.24 bits per heavy atom. The van der Waals surface area contributed by atoms with Crippen LogP contribution >= 0.6 is 0 Å². The summed E-state index contributed by atoms with van der Waals surface area (Å²) in [5.41, 5.74) is 1.62. The topological polar surface area (TPSA) is 71.4 Å². The number of aromatic nitrogens is 1. The van der Waals surface area contributed by atoms with E-state index >= 15 is 0 Å². The van der Waals surface area contributed by atoms with Crippen molar-refractivity contribution >= 4 is 15.9 Å². The second-order valence-corrected chi connectivity index (χ2v) is 8.99. The van der Waals surface area contributed by atoms with Gasteiger partial charge in [-0.3, -0.25) is 4.79 Å². The third kappa shape index (κ3) is 3.92. The van der Waals surface area contributed by atoms with Gasteiger partial charge in [0.15, 0.2) is 0 Å². The van der Waals surface area contributed by atoms with Crippen molar-refractivity contribution in [1.29, 1.82) is 0 Å². The van der Waals surface area contributed by atoms with Crippen LogP contribution in [0, 0.1) is 19.8 Å². The molecule has 0 bridgehead atoms. The summed E-state index contributed by atoms with van der Waals surface area (Å²) in [5.74, 6) is 0.440. The van der Waals surface area contributed by atoms with E-state index in [0.29, 0.717) is 42.4 Å². The molecule has 25 heavy (non-hydrogen) atoms. The summed E-state index contributed by atoms with van der Waals surface area (Å²) >= 11 is 0. The molecule has 1 aromatic heterocycles. The molecule has 0 radical (unpaired) electrons. The summed E-state index contributed by atoms with van der Waals surface area (Å²) in [4.78, 5) is 15.1. The third-order valence-electron chi connectivity index (χ3n) is 5.45. The highest BCUT2D eigenvalue weighted by molar-refractivity contribution is 7.89. The smallest absolute Gasteiger partial charge is 0.257 e. The van der Waals surface area contributed by atoms with E-state index in [9.17, 15) is 13.2 Å². The van der Waals surface area contributed by atoms with Crippen molar-refractivity contribution in [2.45, 2.75) is 64.8 Å². The molecule has 142 valence electrons. The Balaban J connectivity index is 2.48. The third-order valence-corrected chi connectivity index (χ3v) is 7.20. The lowest BCUT2D eigenvalue weighted by Crippen LogP contribution is -2.39. The first kappa shape index (κ1) is 20.0. The molecule has 1 aromatic rings. The summed E-state index contributed by atoms with van der Waals surface area (Å²) in [6, 6.07) is -0.177. The number of sulfonamides is 1. The number of hydrogen-bond donors (Lipinski definition) is 1. The molecule has 2 rings (SSSR count). The van der Waals surface area contributed by atoms with Gasteiger partial charge in [0.2, 0.25) is 10.0 Å². The molecule has 1 atom stereocenters. The van der Waals surface area contributed by atoms with Gasteiger partial charge in [0.25, 0.3) is 5.91 Å². The number of amides is 1. The van der Waals surface area contributed by atoms with E-state index in [2.05, 4.69) is 11.6 Å². The number of nitrogens with zero attached hydrogens (tertiary/aromatic N) is 2. The number of piperidine rings is 1. The Labute approximate surface area is 151 Å². The average molecular weight is 370 g/mol. The Morgan fingerprint density at radius 2 is 1.80 bits per heavy atom. The summed E-state index contributed by atoms with van der Waals surface area (Å²) in [6.45, 7) is 10.9. The molecule has 0 spiro atoms. The second kappa shape index (κ2) is 7.50. The van der Waals surface area contributed by atoms with Crippen molar-refractivity contribution in [3.05, 3.63) is 17.0 Å². The lowest BCUT2D eigenvalue weighted by molar-refractivity contribution is 0.0692. The van der Waals surface area contributed by atoms with E-state index in [4.69, 9.17) is 0 Å². The first-order chi connectivity index (χ1) is 11.6. The Kier molecular flexibility index (Phi) is 5.99. The van der Waals surface area contributed by atoms with Crippen LogP contribution in [0.25, 0.3) is 0 Å². The summed E-state index contributed by atoms with van der Waals surface area (Å²) in [7, 11) is -1.94. The van der Waals surface area contributed by atoms with Crippen LogP contribution in [0.5, 0.6) is 0 Å². The fraction of sp³-hybridized carbons (Fsp3) is 0.722. The second-order valence-electron chi connectivity index (χ2n) is 7.34. The molecule has 1 aliphatic rings. The van der Waals surface area contributed by atoms with E-state index in [-0.39, 0.29) is 16.8 Å². The van der Waals surface area contributed by atoms with Gasteiger partial charge in [-0.25, -0.2) is 13.1 Å². The van der Waals surface area contributed by atoms with Gasteiger partial charge in [0.05, 0.1) is 5.56 Å². The van der Waals surface area contributed by atoms with Gasteiger partial charge in [-0.2, -0.15) is 0 Å². The monoisotopic (exact) mass is 369 g/mol. The zero-order valence-corrected chi connectivity index (χ0v) is 17.0. The molecule has 0 saturated carbocycles. The minimum absolute atomic E-state index is 0.136.